The highest BCUT2D eigenvalue weighted by Crippen LogP contribution is 2.12. The van der Waals surface area contributed by atoms with Crippen molar-refractivity contribution < 1.29 is 9.53 Å². The third-order valence-corrected chi connectivity index (χ3v) is 3.39. The van der Waals surface area contributed by atoms with Crippen LogP contribution in [0.1, 0.15) is 20.3 Å². The summed E-state index contributed by atoms with van der Waals surface area (Å²) in [4.78, 5) is 11.5. The molecule has 0 saturated carbocycles. The summed E-state index contributed by atoms with van der Waals surface area (Å²) in [5.74, 6) is 0.885. The van der Waals surface area contributed by atoms with Crippen molar-refractivity contribution in [3.63, 3.8) is 0 Å². The third-order valence-electron chi connectivity index (χ3n) is 2.06. The van der Waals surface area contributed by atoms with Gasteiger partial charge in [0.1, 0.15) is 0 Å². The van der Waals surface area contributed by atoms with Crippen LogP contribution >= 0.6 is 11.8 Å². The molecule has 0 aromatic rings. The zero-order valence-electron chi connectivity index (χ0n) is 9.79. The Balaban J connectivity index is 3.60. The van der Waals surface area contributed by atoms with Gasteiger partial charge in [-0.3, -0.25) is 4.79 Å². The van der Waals surface area contributed by atoms with E-state index in [-0.39, 0.29) is 17.2 Å². The summed E-state index contributed by atoms with van der Waals surface area (Å²) >= 11 is 1.60. The van der Waals surface area contributed by atoms with Gasteiger partial charge in [-0.25, -0.2) is 0 Å². The first-order valence-electron chi connectivity index (χ1n) is 5.25. The third kappa shape index (κ3) is 7.64. The summed E-state index contributed by atoms with van der Waals surface area (Å²) in [6.45, 7) is 5.07. The molecule has 5 heteroatoms. The van der Waals surface area contributed by atoms with Crippen molar-refractivity contribution in [3.05, 3.63) is 0 Å². The Morgan fingerprint density at radius 2 is 2.27 bits per heavy atom. The number of carbonyl (C=O) groups is 1. The highest BCUT2D eigenvalue weighted by Gasteiger charge is 2.13. The average molecular weight is 234 g/mol. The molecule has 4 nitrogen and oxygen atoms in total. The second-order valence-electron chi connectivity index (χ2n) is 3.43. The minimum Gasteiger partial charge on any atom is -0.383 e. The molecule has 0 fully saturated rings. The van der Waals surface area contributed by atoms with Crippen molar-refractivity contribution in [2.45, 2.75) is 31.6 Å². The van der Waals surface area contributed by atoms with E-state index in [0.29, 0.717) is 13.2 Å². The van der Waals surface area contributed by atoms with Gasteiger partial charge >= 0.3 is 0 Å². The highest BCUT2D eigenvalue weighted by molar-refractivity contribution is 8.00. The van der Waals surface area contributed by atoms with Crippen molar-refractivity contribution in [3.8, 4) is 0 Å². The van der Waals surface area contributed by atoms with Crippen molar-refractivity contribution in [2.75, 3.05) is 26.0 Å². The van der Waals surface area contributed by atoms with Crippen molar-refractivity contribution >= 4 is 17.7 Å². The monoisotopic (exact) mass is 234 g/mol. The maximum Gasteiger partial charge on any atom is 0.232 e. The number of nitrogens with two attached hydrogens (primary N) is 1. The van der Waals surface area contributed by atoms with Crippen molar-refractivity contribution in [2.24, 2.45) is 5.73 Å². The standard InChI is InChI=1S/C10H22N2O2S/c1-4-9(11)7-15-8(2)10(13)12-5-6-14-3/h8-9H,4-7,11H2,1-3H3,(H,12,13). The molecule has 3 N–H and O–H groups in total. The van der Waals surface area contributed by atoms with Crippen LogP contribution in [0.25, 0.3) is 0 Å². The van der Waals surface area contributed by atoms with Crippen LogP contribution in [0.5, 0.6) is 0 Å². The van der Waals surface area contributed by atoms with Gasteiger partial charge in [-0.2, -0.15) is 0 Å². The van der Waals surface area contributed by atoms with Crippen LogP contribution < -0.4 is 11.1 Å². The topological polar surface area (TPSA) is 64.4 Å². The first-order chi connectivity index (χ1) is 7.11. The van der Waals surface area contributed by atoms with E-state index >= 15 is 0 Å². The van der Waals surface area contributed by atoms with Gasteiger partial charge in [0.25, 0.3) is 0 Å². The molecule has 0 rings (SSSR count). The smallest absolute Gasteiger partial charge is 0.232 e. The van der Waals surface area contributed by atoms with Crippen LogP contribution in [0.3, 0.4) is 0 Å². The van der Waals surface area contributed by atoms with Crippen LogP contribution in [0.15, 0.2) is 0 Å². The maximum absolute atomic E-state index is 11.5. The van der Waals surface area contributed by atoms with E-state index in [1.807, 2.05) is 6.92 Å². The molecular formula is C10H22N2O2S. The summed E-state index contributed by atoms with van der Waals surface area (Å²) in [6, 6.07) is 0.184. The molecule has 15 heavy (non-hydrogen) atoms. The minimum atomic E-state index is -0.0422. The van der Waals surface area contributed by atoms with Crippen molar-refractivity contribution in [1.29, 1.82) is 0 Å². The predicted molar refractivity (Wildman–Crippen MR) is 65.1 cm³/mol. The zero-order chi connectivity index (χ0) is 11.7. The van der Waals surface area contributed by atoms with E-state index in [1.54, 1.807) is 18.9 Å². The van der Waals surface area contributed by atoms with E-state index in [9.17, 15) is 4.79 Å². The number of hydrogen-bond acceptors (Lipinski definition) is 4. The van der Waals surface area contributed by atoms with Gasteiger partial charge in [0.2, 0.25) is 5.91 Å². The van der Waals surface area contributed by atoms with E-state index in [1.165, 1.54) is 0 Å². The molecule has 0 aliphatic carbocycles. The number of rotatable bonds is 8. The normalized spacial score (nSPS) is 14.7. The molecule has 0 bridgehead atoms. The molecule has 2 atom stereocenters. The molecule has 0 aliphatic heterocycles. The molecule has 90 valence electrons. The van der Waals surface area contributed by atoms with Gasteiger partial charge in [0.15, 0.2) is 0 Å². The number of carbonyl (C=O) groups excluding carboxylic acids is 1. The molecule has 0 saturated heterocycles. The van der Waals surface area contributed by atoms with Crippen LogP contribution in [0.4, 0.5) is 0 Å². The lowest BCUT2D eigenvalue weighted by Gasteiger charge is -2.14. The van der Waals surface area contributed by atoms with Gasteiger partial charge in [0, 0.05) is 25.4 Å². The predicted octanol–water partition coefficient (Wildman–Crippen LogP) is 0.608. The zero-order valence-corrected chi connectivity index (χ0v) is 10.6. The SMILES string of the molecule is CCC(N)CSC(C)C(=O)NCCOC. The van der Waals surface area contributed by atoms with Crippen LogP contribution in [0.2, 0.25) is 0 Å². The van der Waals surface area contributed by atoms with Crippen LogP contribution in [-0.2, 0) is 9.53 Å². The summed E-state index contributed by atoms with van der Waals surface area (Å²) < 4.78 is 4.85. The Kier molecular flexibility index (Phi) is 8.85. The van der Waals surface area contributed by atoms with Crippen LogP contribution in [-0.4, -0.2) is 43.2 Å². The summed E-state index contributed by atoms with van der Waals surface area (Å²) in [5, 5.41) is 2.76. The second kappa shape index (κ2) is 9.00. The number of amides is 1. The minimum absolute atomic E-state index is 0.0422. The quantitative estimate of drug-likeness (QED) is 0.604. The molecule has 0 spiro atoms. The number of nitrogens with one attached hydrogen (secondary N) is 1. The number of thioether (sulfide) groups is 1. The molecule has 0 aliphatic rings. The van der Waals surface area contributed by atoms with Crippen molar-refractivity contribution in [1.82, 2.24) is 5.32 Å². The van der Waals surface area contributed by atoms with E-state index in [0.717, 1.165) is 12.2 Å². The maximum atomic E-state index is 11.5. The lowest BCUT2D eigenvalue weighted by atomic mass is 10.3. The van der Waals surface area contributed by atoms with Gasteiger partial charge in [-0.05, 0) is 13.3 Å². The Morgan fingerprint density at radius 3 is 2.80 bits per heavy atom. The lowest BCUT2D eigenvalue weighted by molar-refractivity contribution is -0.120. The Morgan fingerprint density at radius 1 is 1.60 bits per heavy atom. The molecule has 0 aromatic heterocycles. The molecule has 1 amide bonds. The van der Waals surface area contributed by atoms with Gasteiger partial charge in [0.05, 0.1) is 11.9 Å². The van der Waals surface area contributed by atoms with Gasteiger partial charge < -0.3 is 15.8 Å². The average Bonchev–Trinajstić information content (AvgIpc) is 2.25. The lowest BCUT2D eigenvalue weighted by Crippen LogP contribution is -2.34. The highest BCUT2D eigenvalue weighted by atomic mass is 32.2. The summed E-state index contributed by atoms with van der Waals surface area (Å²) in [7, 11) is 1.62. The number of methoxy groups -OCH3 is 1. The van der Waals surface area contributed by atoms with Gasteiger partial charge in [-0.15, -0.1) is 11.8 Å². The first-order valence-corrected chi connectivity index (χ1v) is 6.30. The second-order valence-corrected chi connectivity index (χ2v) is 4.80. The Labute approximate surface area is 96.3 Å². The fourth-order valence-corrected chi connectivity index (χ4v) is 1.89. The molecule has 0 radical (unpaired) electrons. The van der Waals surface area contributed by atoms with Crippen LogP contribution in [0, 0.1) is 0 Å². The number of ether oxygens (including phenoxy) is 1. The Hall–Kier alpha value is -0.260. The largest absolute Gasteiger partial charge is 0.383 e. The molecule has 0 aromatic carbocycles. The molecule has 0 heterocycles. The van der Waals surface area contributed by atoms with E-state index in [2.05, 4.69) is 12.2 Å². The number of hydrogen-bond donors (Lipinski definition) is 2. The fourth-order valence-electron chi connectivity index (χ4n) is 0.881. The summed E-state index contributed by atoms with van der Waals surface area (Å²) in [5.41, 5.74) is 5.77. The Bertz CT molecular complexity index is 179. The van der Waals surface area contributed by atoms with E-state index in [4.69, 9.17) is 10.5 Å². The van der Waals surface area contributed by atoms with E-state index < -0.39 is 0 Å². The first kappa shape index (κ1) is 14.7. The molecule has 2 unspecified atom stereocenters. The molecular weight excluding hydrogens is 212 g/mol. The van der Waals surface area contributed by atoms with Gasteiger partial charge in [-0.1, -0.05) is 6.92 Å². The summed E-state index contributed by atoms with van der Waals surface area (Å²) in [6.07, 6.45) is 0.949. The fraction of sp³-hybridized carbons (Fsp3) is 0.900.